The van der Waals surface area contributed by atoms with Gasteiger partial charge in [0.15, 0.2) is 0 Å². The maximum Gasteiger partial charge on any atom is 0.0991 e. The summed E-state index contributed by atoms with van der Waals surface area (Å²) in [4.78, 5) is 2.09. The van der Waals surface area contributed by atoms with Crippen LogP contribution < -0.4 is 5.32 Å². The highest BCUT2D eigenvalue weighted by Crippen LogP contribution is 2.35. The van der Waals surface area contributed by atoms with Gasteiger partial charge in [-0.2, -0.15) is 5.26 Å². The lowest BCUT2D eigenvalue weighted by atomic mass is 9.76. The molecule has 1 heterocycles. The molecule has 4 heteroatoms. The van der Waals surface area contributed by atoms with E-state index in [2.05, 4.69) is 16.3 Å². The fourth-order valence-electron chi connectivity index (χ4n) is 2.82. The number of hydrogen-bond donors (Lipinski definition) is 2. The summed E-state index contributed by atoms with van der Waals surface area (Å²) in [5.41, 5.74) is 0.621. The van der Waals surface area contributed by atoms with Gasteiger partial charge >= 0.3 is 0 Å². The molecule has 0 radical (unpaired) electrons. The highest BCUT2D eigenvalue weighted by molar-refractivity contribution is 5.36. The van der Waals surface area contributed by atoms with Crippen molar-refractivity contribution in [3.05, 3.63) is 35.4 Å². The number of nitriles is 1. The smallest absolute Gasteiger partial charge is 0.0991 e. The van der Waals surface area contributed by atoms with E-state index in [0.29, 0.717) is 12.0 Å². The minimum atomic E-state index is -0.845. The number of nitrogens with one attached hydrogen (secondary N) is 1. The summed E-state index contributed by atoms with van der Waals surface area (Å²) in [5, 5.41) is 23.4. The van der Waals surface area contributed by atoms with Gasteiger partial charge in [-0.15, -0.1) is 0 Å². The van der Waals surface area contributed by atoms with Crippen LogP contribution in [0.1, 0.15) is 17.5 Å². The first kappa shape index (κ1) is 14.0. The van der Waals surface area contributed by atoms with Crippen LogP contribution in [0.2, 0.25) is 0 Å². The van der Waals surface area contributed by atoms with Crippen LogP contribution in [0.4, 0.5) is 0 Å². The van der Waals surface area contributed by atoms with Gasteiger partial charge in [0, 0.05) is 19.0 Å². The molecule has 0 aromatic heterocycles. The van der Waals surface area contributed by atoms with Crippen molar-refractivity contribution in [2.75, 3.05) is 33.7 Å². The van der Waals surface area contributed by atoms with Crippen molar-refractivity contribution < 1.29 is 5.11 Å². The van der Waals surface area contributed by atoms with Crippen LogP contribution in [0.15, 0.2) is 24.3 Å². The highest BCUT2D eigenvalue weighted by Gasteiger charge is 2.40. The second-order valence-corrected chi connectivity index (χ2v) is 5.53. The molecule has 0 saturated carbocycles. The zero-order chi connectivity index (χ0) is 13.9. The molecule has 1 aromatic rings. The number of piperidine rings is 1. The number of aliphatic hydroxyl groups is 1. The molecule has 102 valence electrons. The zero-order valence-electron chi connectivity index (χ0n) is 11.6. The van der Waals surface area contributed by atoms with Crippen LogP contribution in [0.3, 0.4) is 0 Å². The van der Waals surface area contributed by atoms with Gasteiger partial charge in [-0.1, -0.05) is 12.1 Å². The normalized spacial score (nSPS) is 27.2. The van der Waals surface area contributed by atoms with Gasteiger partial charge in [-0.25, -0.2) is 0 Å². The molecule has 2 N–H and O–H groups in total. The molecule has 0 unspecified atom stereocenters. The average Bonchev–Trinajstić information content (AvgIpc) is 2.41. The van der Waals surface area contributed by atoms with Gasteiger partial charge in [0.05, 0.1) is 17.2 Å². The second-order valence-electron chi connectivity index (χ2n) is 5.53. The van der Waals surface area contributed by atoms with Gasteiger partial charge in [0.25, 0.3) is 0 Å². The molecule has 0 amide bonds. The van der Waals surface area contributed by atoms with Gasteiger partial charge in [0.2, 0.25) is 0 Å². The number of nitrogens with zero attached hydrogens (tertiary/aromatic N) is 2. The summed E-state index contributed by atoms with van der Waals surface area (Å²) in [6.07, 6.45) is 0.681. The monoisotopic (exact) mass is 259 g/mol. The molecule has 4 nitrogen and oxygen atoms in total. The third-order valence-corrected chi connectivity index (χ3v) is 3.83. The molecule has 0 bridgehead atoms. The topological polar surface area (TPSA) is 59.3 Å². The van der Waals surface area contributed by atoms with Crippen molar-refractivity contribution in [1.82, 2.24) is 10.2 Å². The molecule has 1 saturated heterocycles. The van der Waals surface area contributed by atoms with Crippen LogP contribution in [-0.2, 0) is 5.60 Å². The summed E-state index contributed by atoms with van der Waals surface area (Å²) < 4.78 is 0. The van der Waals surface area contributed by atoms with Gasteiger partial charge in [0.1, 0.15) is 0 Å². The lowest BCUT2D eigenvalue weighted by molar-refractivity contribution is -0.0540. The van der Waals surface area contributed by atoms with E-state index in [1.54, 1.807) is 6.07 Å². The first-order valence-corrected chi connectivity index (χ1v) is 6.65. The van der Waals surface area contributed by atoms with E-state index in [1.807, 2.05) is 32.3 Å². The molecule has 1 fully saturated rings. The van der Waals surface area contributed by atoms with E-state index < -0.39 is 5.60 Å². The number of rotatable bonds is 3. The van der Waals surface area contributed by atoms with E-state index in [4.69, 9.17) is 5.26 Å². The van der Waals surface area contributed by atoms with E-state index in [0.717, 1.165) is 25.2 Å². The summed E-state index contributed by atoms with van der Waals surface area (Å²) >= 11 is 0. The molecule has 2 atom stereocenters. The first-order valence-electron chi connectivity index (χ1n) is 6.65. The first-order chi connectivity index (χ1) is 9.06. The van der Waals surface area contributed by atoms with Gasteiger partial charge in [-0.05, 0) is 44.8 Å². The average molecular weight is 259 g/mol. The standard InChI is InChI=1S/C15H21N3O/c1-18(2)11-14-10-17-7-6-15(14,19)13-5-3-4-12(8-13)9-16/h3-5,8,14,17,19H,6-7,10-11H2,1-2H3/t14-,15+/m1/s1. The molecule has 0 spiro atoms. The van der Waals surface area contributed by atoms with Crippen molar-refractivity contribution in [3.63, 3.8) is 0 Å². The molecular formula is C15H21N3O. The van der Waals surface area contributed by atoms with Crippen molar-refractivity contribution in [3.8, 4) is 6.07 Å². The van der Waals surface area contributed by atoms with E-state index in [1.165, 1.54) is 0 Å². The Labute approximate surface area is 114 Å². The van der Waals surface area contributed by atoms with E-state index in [9.17, 15) is 5.11 Å². The predicted molar refractivity (Wildman–Crippen MR) is 74.6 cm³/mol. The summed E-state index contributed by atoms with van der Waals surface area (Å²) in [5.74, 6) is 0.130. The van der Waals surface area contributed by atoms with Gasteiger partial charge < -0.3 is 15.3 Å². The second kappa shape index (κ2) is 5.70. The molecule has 19 heavy (non-hydrogen) atoms. The number of hydrogen-bond acceptors (Lipinski definition) is 4. The summed E-state index contributed by atoms with van der Waals surface area (Å²) in [7, 11) is 4.03. The summed E-state index contributed by atoms with van der Waals surface area (Å²) in [6.45, 7) is 2.42. The van der Waals surface area contributed by atoms with Crippen LogP contribution in [0.25, 0.3) is 0 Å². The van der Waals surface area contributed by atoms with E-state index in [-0.39, 0.29) is 5.92 Å². The Morgan fingerprint density at radius 1 is 1.53 bits per heavy atom. The largest absolute Gasteiger partial charge is 0.385 e. The zero-order valence-corrected chi connectivity index (χ0v) is 11.6. The van der Waals surface area contributed by atoms with E-state index >= 15 is 0 Å². The maximum atomic E-state index is 11.1. The van der Waals surface area contributed by atoms with Crippen LogP contribution in [-0.4, -0.2) is 43.7 Å². The number of benzene rings is 1. The van der Waals surface area contributed by atoms with Crippen LogP contribution in [0.5, 0.6) is 0 Å². The Morgan fingerprint density at radius 3 is 3.00 bits per heavy atom. The molecule has 1 aliphatic heterocycles. The third-order valence-electron chi connectivity index (χ3n) is 3.83. The minimum Gasteiger partial charge on any atom is -0.385 e. The van der Waals surface area contributed by atoms with Crippen LogP contribution in [0, 0.1) is 17.2 Å². The Hall–Kier alpha value is -1.41. The molecule has 0 aliphatic carbocycles. The Morgan fingerprint density at radius 2 is 2.32 bits per heavy atom. The lowest BCUT2D eigenvalue weighted by Crippen LogP contribution is -2.51. The maximum absolute atomic E-state index is 11.1. The third kappa shape index (κ3) is 2.95. The van der Waals surface area contributed by atoms with Crippen molar-refractivity contribution in [2.24, 2.45) is 5.92 Å². The van der Waals surface area contributed by atoms with Crippen molar-refractivity contribution >= 4 is 0 Å². The Bertz CT molecular complexity index is 481. The van der Waals surface area contributed by atoms with Crippen molar-refractivity contribution in [1.29, 1.82) is 5.26 Å². The Balaban J connectivity index is 2.33. The molecule has 1 aliphatic rings. The van der Waals surface area contributed by atoms with Crippen molar-refractivity contribution in [2.45, 2.75) is 12.0 Å². The summed E-state index contributed by atoms with van der Waals surface area (Å²) in [6, 6.07) is 9.50. The van der Waals surface area contributed by atoms with Crippen LogP contribution >= 0.6 is 0 Å². The minimum absolute atomic E-state index is 0.130. The predicted octanol–water partition coefficient (Wildman–Crippen LogP) is 0.917. The molecule has 1 aromatic carbocycles. The highest BCUT2D eigenvalue weighted by atomic mass is 16.3. The SMILES string of the molecule is CN(C)C[C@H]1CNCC[C@]1(O)c1cccc(C#N)c1. The fourth-order valence-corrected chi connectivity index (χ4v) is 2.82. The van der Waals surface area contributed by atoms with Gasteiger partial charge in [-0.3, -0.25) is 0 Å². The molecular weight excluding hydrogens is 238 g/mol. The quantitative estimate of drug-likeness (QED) is 0.847. The molecule has 2 rings (SSSR count). The lowest BCUT2D eigenvalue weighted by Gasteiger charge is -2.42. The Kier molecular flexibility index (Phi) is 4.20. The fraction of sp³-hybridized carbons (Fsp3) is 0.533.